The van der Waals surface area contributed by atoms with Gasteiger partial charge in [0.1, 0.15) is 10.8 Å². The van der Waals surface area contributed by atoms with Gasteiger partial charge in [-0.1, -0.05) is 18.2 Å². The first-order valence-corrected chi connectivity index (χ1v) is 11.9. The summed E-state index contributed by atoms with van der Waals surface area (Å²) < 4.78 is 0. The number of fused-ring (bicyclic) bond motifs is 1. The number of nitrogens with zero attached hydrogens (tertiary/aromatic N) is 3. The highest BCUT2D eigenvalue weighted by atomic mass is 32.2. The van der Waals surface area contributed by atoms with E-state index in [1.54, 1.807) is 6.20 Å². The van der Waals surface area contributed by atoms with Gasteiger partial charge < -0.3 is 15.5 Å². The van der Waals surface area contributed by atoms with Gasteiger partial charge in [0.2, 0.25) is 0 Å². The molecule has 7 heteroatoms. The standard InChI is InChI=1S/C24H29N5OS/c1-29(2)21-15-22(28-20-9-5-4-7-18(20)21)26-16-10-12-17(13-11-16)27-23(30)19-8-6-14-25-24(19)31-3/h4-9,14-17H,10-13H2,1-3H3,(H,26,28)(H,27,30). The minimum absolute atomic E-state index is 0.0271. The van der Waals surface area contributed by atoms with Gasteiger partial charge in [0.15, 0.2) is 0 Å². The Labute approximate surface area is 187 Å². The first kappa shape index (κ1) is 21.4. The summed E-state index contributed by atoms with van der Waals surface area (Å²) in [6.45, 7) is 0. The Morgan fingerprint density at radius 3 is 2.55 bits per heavy atom. The Hall–Kier alpha value is -2.80. The Kier molecular flexibility index (Phi) is 6.61. The van der Waals surface area contributed by atoms with Crippen LogP contribution in [0.5, 0.6) is 0 Å². The van der Waals surface area contributed by atoms with Gasteiger partial charge in [-0.3, -0.25) is 4.79 Å². The zero-order valence-corrected chi connectivity index (χ0v) is 19.1. The van der Waals surface area contributed by atoms with Gasteiger partial charge in [0.25, 0.3) is 5.91 Å². The van der Waals surface area contributed by atoms with Crippen molar-refractivity contribution in [1.29, 1.82) is 0 Å². The minimum Gasteiger partial charge on any atom is -0.377 e. The molecule has 3 aromatic rings. The molecule has 0 saturated heterocycles. The third-order valence-electron chi connectivity index (χ3n) is 5.80. The molecule has 1 fully saturated rings. The Morgan fingerprint density at radius 1 is 1.06 bits per heavy atom. The van der Waals surface area contributed by atoms with E-state index in [4.69, 9.17) is 4.98 Å². The lowest BCUT2D eigenvalue weighted by molar-refractivity contribution is 0.0923. The molecule has 31 heavy (non-hydrogen) atoms. The van der Waals surface area contributed by atoms with E-state index in [-0.39, 0.29) is 11.9 Å². The van der Waals surface area contributed by atoms with Gasteiger partial charge in [-0.15, -0.1) is 11.8 Å². The van der Waals surface area contributed by atoms with Crippen LogP contribution in [0.15, 0.2) is 53.7 Å². The maximum atomic E-state index is 12.7. The fourth-order valence-corrected chi connectivity index (χ4v) is 4.73. The topological polar surface area (TPSA) is 70.2 Å². The lowest BCUT2D eigenvalue weighted by Gasteiger charge is -2.30. The molecule has 0 atom stereocenters. The third kappa shape index (κ3) is 4.93. The zero-order chi connectivity index (χ0) is 21.8. The molecular formula is C24H29N5OS. The number of thioether (sulfide) groups is 1. The fraction of sp³-hybridized carbons (Fsp3) is 0.375. The highest BCUT2D eigenvalue weighted by molar-refractivity contribution is 7.98. The highest BCUT2D eigenvalue weighted by Crippen LogP contribution is 2.29. The molecule has 162 valence electrons. The Balaban J connectivity index is 1.38. The van der Waals surface area contributed by atoms with Crippen molar-refractivity contribution in [1.82, 2.24) is 15.3 Å². The molecule has 1 aromatic carbocycles. The first-order chi connectivity index (χ1) is 15.0. The van der Waals surface area contributed by atoms with E-state index in [1.807, 2.05) is 30.5 Å². The summed E-state index contributed by atoms with van der Waals surface area (Å²) in [7, 11) is 4.12. The molecule has 0 bridgehead atoms. The average molecular weight is 436 g/mol. The number of anilines is 2. The van der Waals surface area contributed by atoms with Crippen LogP contribution in [-0.4, -0.2) is 48.3 Å². The van der Waals surface area contributed by atoms with Gasteiger partial charge in [0.05, 0.1) is 11.1 Å². The zero-order valence-electron chi connectivity index (χ0n) is 18.3. The molecule has 4 rings (SSSR count). The van der Waals surface area contributed by atoms with Crippen molar-refractivity contribution in [2.24, 2.45) is 0 Å². The lowest BCUT2D eigenvalue weighted by Crippen LogP contribution is -2.40. The normalized spacial score (nSPS) is 18.5. The smallest absolute Gasteiger partial charge is 0.254 e. The van der Waals surface area contributed by atoms with E-state index in [0.717, 1.165) is 53.1 Å². The summed E-state index contributed by atoms with van der Waals surface area (Å²) >= 11 is 1.50. The molecule has 0 aliphatic heterocycles. The molecule has 2 N–H and O–H groups in total. The molecule has 1 saturated carbocycles. The summed E-state index contributed by atoms with van der Waals surface area (Å²) in [6.07, 6.45) is 7.57. The molecule has 1 aliphatic carbocycles. The van der Waals surface area contributed by atoms with Crippen molar-refractivity contribution in [2.45, 2.75) is 42.8 Å². The molecule has 0 unspecified atom stereocenters. The van der Waals surface area contributed by atoms with Crippen molar-refractivity contribution in [2.75, 3.05) is 30.6 Å². The largest absolute Gasteiger partial charge is 0.377 e. The molecular weight excluding hydrogens is 406 g/mol. The molecule has 6 nitrogen and oxygen atoms in total. The lowest BCUT2D eigenvalue weighted by atomic mass is 9.91. The van der Waals surface area contributed by atoms with E-state index < -0.39 is 0 Å². The van der Waals surface area contributed by atoms with Crippen molar-refractivity contribution >= 4 is 40.1 Å². The minimum atomic E-state index is -0.0271. The SMILES string of the molecule is CSc1ncccc1C(=O)NC1CCC(Nc2cc(N(C)C)c3ccccc3n2)CC1. The van der Waals surface area contributed by atoms with Gasteiger partial charge >= 0.3 is 0 Å². The summed E-state index contributed by atoms with van der Waals surface area (Å²) in [5.74, 6) is 0.885. The van der Waals surface area contributed by atoms with Crippen LogP contribution in [0.4, 0.5) is 11.5 Å². The summed E-state index contributed by atoms with van der Waals surface area (Å²) in [5, 5.41) is 8.76. The van der Waals surface area contributed by atoms with Crippen LogP contribution in [0.1, 0.15) is 36.0 Å². The van der Waals surface area contributed by atoms with E-state index in [9.17, 15) is 4.79 Å². The van der Waals surface area contributed by atoms with Crippen LogP contribution in [-0.2, 0) is 0 Å². The van der Waals surface area contributed by atoms with Gasteiger partial charge in [-0.05, 0) is 50.1 Å². The maximum absolute atomic E-state index is 12.7. The molecule has 0 spiro atoms. The van der Waals surface area contributed by atoms with E-state index in [2.05, 4.69) is 52.8 Å². The average Bonchev–Trinajstić information content (AvgIpc) is 2.79. The number of carbonyl (C=O) groups excluding carboxylic acids is 1. The van der Waals surface area contributed by atoms with E-state index >= 15 is 0 Å². The second kappa shape index (κ2) is 9.56. The number of pyridine rings is 2. The van der Waals surface area contributed by atoms with Crippen molar-refractivity contribution in [3.8, 4) is 0 Å². The third-order valence-corrected chi connectivity index (χ3v) is 6.51. The van der Waals surface area contributed by atoms with Crippen LogP contribution in [0.25, 0.3) is 10.9 Å². The number of carbonyl (C=O) groups is 1. The summed E-state index contributed by atoms with van der Waals surface area (Å²) in [6, 6.07) is 14.6. The summed E-state index contributed by atoms with van der Waals surface area (Å²) in [4.78, 5) is 23.9. The molecule has 1 aliphatic rings. The second-order valence-electron chi connectivity index (χ2n) is 8.16. The highest BCUT2D eigenvalue weighted by Gasteiger charge is 2.24. The van der Waals surface area contributed by atoms with E-state index in [1.165, 1.54) is 11.8 Å². The first-order valence-electron chi connectivity index (χ1n) is 10.7. The predicted octanol–water partition coefficient (Wildman–Crippen LogP) is 4.57. The van der Waals surface area contributed by atoms with Gasteiger partial charge in [-0.25, -0.2) is 9.97 Å². The number of rotatable bonds is 6. The number of para-hydroxylation sites is 1. The van der Waals surface area contributed by atoms with Crippen molar-refractivity contribution < 1.29 is 4.79 Å². The van der Waals surface area contributed by atoms with Crippen molar-refractivity contribution in [3.05, 3.63) is 54.2 Å². The van der Waals surface area contributed by atoms with Crippen LogP contribution in [0, 0.1) is 0 Å². The van der Waals surface area contributed by atoms with Crippen LogP contribution in [0.3, 0.4) is 0 Å². The summed E-state index contributed by atoms with van der Waals surface area (Å²) in [5.41, 5.74) is 2.82. The molecule has 2 aromatic heterocycles. The van der Waals surface area contributed by atoms with E-state index in [0.29, 0.717) is 11.6 Å². The Morgan fingerprint density at radius 2 is 1.81 bits per heavy atom. The predicted molar refractivity (Wildman–Crippen MR) is 129 cm³/mol. The second-order valence-corrected chi connectivity index (χ2v) is 8.96. The van der Waals surface area contributed by atoms with Crippen LogP contribution in [0.2, 0.25) is 0 Å². The monoisotopic (exact) mass is 435 g/mol. The molecule has 1 amide bonds. The van der Waals surface area contributed by atoms with Gasteiger partial charge in [0, 0.05) is 49.5 Å². The molecule has 0 radical (unpaired) electrons. The fourth-order valence-electron chi connectivity index (χ4n) is 4.18. The number of nitrogens with one attached hydrogen (secondary N) is 2. The Bertz CT molecular complexity index is 1060. The maximum Gasteiger partial charge on any atom is 0.254 e. The van der Waals surface area contributed by atoms with Crippen LogP contribution >= 0.6 is 11.8 Å². The van der Waals surface area contributed by atoms with Crippen molar-refractivity contribution in [3.63, 3.8) is 0 Å². The quantitative estimate of drug-likeness (QED) is 0.553. The number of benzene rings is 1. The molecule has 2 heterocycles. The number of amides is 1. The van der Waals surface area contributed by atoms with Gasteiger partial charge in [-0.2, -0.15) is 0 Å². The number of hydrogen-bond acceptors (Lipinski definition) is 6. The number of aromatic nitrogens is 2. The number of hydrogen-bond donors (Lipinski definition) is 2. The van der Waals surface area contributed by atoms with Crippen LogP contribution < -0.4 is 15.5 Å².